The molecule has 0 saturated carbocycles. The van der Waals surface area contributed by atoms with Crippen LogP contribution in [0.2, 0.25) is 0 Å². The number of rotatable bonds is 9. The molecule has 2 heterocycles. The molecule has 0 bridgehead atoms. The maximum absolute atomic E-state index is 13.4. The van der Waals surface area contributed by atoms with Crippen LogP contribution in [0.5, 0.6) is 5.75 Å². The van der Waals surface area contributed by atoms with Crippen LogP contribution in [-0.2, 0) is 35.3 Å². The lowest BCUT2D eigenvalue weighted by atomic mass is 9.93. The van der Waals surface area contributed by atoms with Gasteiger partial charge in [-0.3, -0.25) is 0 Å². The van der Waals surface area contributed by atoms with Crippen molar-refractivity contribution < 1.29 is 27.8 Å². The number of alkyl halides is 3. The Morgan fingerprint density at radius 1 is 1.21 bits per heavy atom. The van der Waals surface area contributed by atoms with E-state index in [1.807, 2.05) is 0 Å². The molecule has 1 aliphatic heterocycles. The Hall–Kier alpha value is -2.39. The fourth-order valence-corrected chi connectivity index (χ4v) is 4.37. The molecular weight excluding hydrogens is 447 g/mol. The molecule has 1 unspecified atom stereocenters. The number of unbranched alkanes of at least 4 members (excludes halogenated alkanes) is 2. The third kappa shape index (κ3) is 6.18. The molecule has 0 aliphatic carbocycles. The Bertz CT molecular complexity index is 967. The Kier molecular flexibility index (Phi) is 9.13. The van der Waals surface area contributed by atoms with Gasteiger partial charge in [0.05, 0.1) is 18.8 Å². The van der Waals surface area contributed by atoms with Gasteiger partial charge < -0.3 is 19.9 Å². The van der Waals surface area contributed by atoms with Crippen molar-refractivity contribution in [2.75, 3.05) is 19.0 Å². The van der Waals surface area contributed by atoms with Crippen molar-refractivity contribution >= 4 is 5.82 Å². The molecule has 2 aromatic rings. The van der Waals surface area contributed by atoms with Gasteiger partial charge in [-0.1, -0.05) is 33.1 Å². The molecule has 34 heavy (non-hydrogen) atoms. The van der Waals surface area contributed by atoms with Gasteiger partial charge in [0.1, 0.15) is 11.4 Å². The van der Waals surface area contributed by atoms with Crippen molar-refractivity contribution in [2.24, 2.45) is 0 Å². The maximum Gasteiger partial charge on any atom is 0.416 e. The first-order valence-corrected chi connectivity index (χ1v) is 11.9. The average Bonchev–Trinajstić information content (AvgIpc) is 2.88. The number of aromatic hydroxyl groups is 1. The second kappa shape index (κ2) is 11.8. The normalized spacial score (nSPS) is 15.0. The quantitative estimate of drug-likeness (QED) is 0.413. The van der Waals surface area contributed by atoms with Crippen molar-refractivity contribution in [3.05, 3.63) is 34.4 Å². The fraction of sp³-hybridized carbons (Fsp3) is 0.600. The van der Waals surface area contributed by atoms with E-state index in [4.69, 9.17) is 9.47 Å². The monoisotopic (exact) mass is 481 g/mol. The number of ether oxygens (including phenoxy) is 2. The summed E-state index contributed by atoms with van der Waals surface area (Å²) >= 11 is 0. The molecule has 0 saturated heterocycles. The highest BCUT2D eigenvalue weighted by molar-refractivity contribution is 5.76. The third-order valence-corrected chi connectivity index (χ3v) is 6.20. The number of fused-ring (bicyclic) bond motifs is 3. The summed E-state index contributed by atoms with van der Waals surface area (Å²) in [5.41, 5.74) is 1.55. The molecule has 2 N–H and O–H groups in total. The SMILES string of the molecule is CCCCCC(CC)Nc1nnc2c(c1COC)CCCOCc1cc(C(F)(F)F)cc(O)c1-2. The lowest BCUT2D eigenvalue weighted by Gasteiger charge is -2.22. The second-order valence-corrected chi connectivity index (χ2v) is 8.72. The number of aromatic nitrogens is 2. The summed E-state index contributed by atoms with van der Waals surface area (Å²) in [6.07, 6.45) is 2.00. The third-order valence-electron chi connectivity index (χ3n) is 6.20. The lowest BCUT2D eigenvalue weighted by molar-refractivity contribution is -0.137. The van der Waals surface area contributed by atoms with Crippen LogP contribution < -0.4 is 5.32 Å². The number of anilines is 1. The number of benzene rings is 1. The smallest absolute Gasteiger partial charge is 0.416 e. The molecule has 9 heteroatoms. The zero-order valence-corrected chi connectivity index (χ0v) is 20.1. The maximum atomic E-state index is 13.4. The van der Waals surface area contributed by atoms with E-state index in [1.165, 1.54) is 0 Å². The van der Waals surface area contributed by atoms with Crippen LogP contribution in [0.15, 0.2) is 12.1 Å². The van der Waals surface area contributed by atoms with Crippen LogP contribution in [0, 0.1) is 0 Å². The first-order valence-electron chi connectivity index (χ1n) is 11.9. The van der Waals surface area contributed by atoms with Crippen LogP contribution in [-0.4, -0.2) is 35.1 Å². The van der Waals surface area contributed by atoms with Crippen molar-refractivity contribution in [2.45, 2.75) is 84.2 Å². The predicted octanol–water partition coefficient (Wildman–Crippen LogP) is 6.25. The molecule has 3 rings (SSSR count). The van der Waals surface area contributed by atoms with Crippen LogP contribution in [0.4, 0.5) is 19.0 Å². The molecule has 0 fully saturated rings. The topological polar surface area (TPSA) is 76.5 Å². The zero-order chi connectivity index (χ0) is 24.7. The summed E-state index contributed by atoms with van der Waals surface area (Å²) in [5, 5.41) is 23.0. The molecule has 0 radical (unpaired) electrons. The number of halogens is 3. The van der Waals surface area contributed by atoms with Gasteiger partial charge in [-0.25, -0.2) is 0 Å². The van der Waals surface area contributed by atoms with Crippen LogP contribution in [0.1, 0.15) is 74.6 Å². The minimum atomic E-state index is -4.58. The molecule has 188 valence electrons. The van der Waals surface area contributed by atoms with Gasteiger partial charge in [0.25, 0.3) is 0 Å². The number of hydrogen-bond donors (Lipinski definition) is 2. The van der Waals surface area contributed by atoms with Gasteiger partial charge in [0.15, 0.2) is 5.82 Å². The van der Waals surface area contributed by atoms with Gasteiger partial charge in [-0.15, -0.1) is 10.2 Å². The number of phenolic OH excluding ortho intramolecular Hbond substituents is 1. The number of nitrogens with one attached hydrogen (secondary N) is 1. The summed E-state index contributed by atoms with van der Waals surface area (Å²) in [4.78, 5) is 0. The van der Waals surface area contributed by atoms with Crippen LogP contribution in [0.3, 0.4) is 0 Å². The van der Waals surface area contributed by atoms with Gasteiger partial charge in [0.2, 0.25) is 0 Å². The summed E-state index contributed by atoms with van der Waals surface area (Å²) in [6, 6.07) is 1.99. The summed E-state index contributed by atoms with van der Waals surface area (Å²) in [7, 11) is 1.59. The van der Waals surface area contributed by atoms with E-state index in [0.29, 0.717) is 31.0 Å². The van der Waals surface area contributed by atoms with Gasteiger partial charge in [-0.2, -0.15) is 13.2 Å². The lowest BCUT2D eigenvalue weighted by Crippen LogP contribution is -2.22. The highest BCUT2D eigenvalue weighted by Gasteiger charge is 2.33. The second-order valence-electron chi connectivity index (χ2n) is 8.72. The molecule has 1 aliphatic rings. The highest BCUT2D eigenvalue weighted by atomic mass is 19.4. The van der Waals surface area contributed by atoms with E-state index < -0.39 is 17.5 Å². The van der Waals surface area contributed by atoms with Gasteiger partial charge in [0, 0.05) is 30.9 Å². The predicted molar refractivity (Wildman–Crippen MR) is 125 cm³/mol. The molecule has 0 amide bonds. The number of hydrogen-bond acceptors (Lipinski definition) is 6. The number of nitrogens with zero attached hydrogens (tertiary/aromatic N) is 2. The Labute approximate surface area is 198 Å². The van der Waals surface area contributed by atoms with E-state index in [2.05, 4.69) is 29.4 Å². The first-order chi connectivity index (χ1) is 16.3. The zero-order valence-electron chi connectivity index (χ0n) is 20.1. The average molecular weight is 482 g/mol. The molecule has 1 aromatic carbocycles. The summed E-state index contributed by atoms with van der Waals surface area (Å²) < 4.78 is 51.2. The van der Waals surface area contributed by atoms with E-state index in [0.717, 1.165) is 55.4 Å². The van der Waals surface area contributed by atoms with Gasteiger partial charge >= 0.3 is 6.18 Å². The van der Waals surface area contributed by atoms with E-state index in [1.54, 1.807) is 7.11 Å². The number of phenols is 1. The minimum absolute atomic E-state index is 0.0527. The Morgan fingerprint density at radius 3 is 2.68 bits per heavy atom. The summed E-state index contributed by atoms with van der Waals surface area (Å²) in [5.74, 6) is 0.137. The molecule has 1 atom stereocenters. The standard InChI is InChI=1S/C25H34F3N3O3/c1-4-6-7-9-18(5-2)29-24-20(15-33-3)19-10-8-11-34-14-16-12-17(25(26,27)28)13-21(32)22(16)23(19)30-31-24/h12-13,18,32H,4-11,14-15H2,1-3H3,(H,29,31). The van der Waals surface area contributed by atoms with E-state index >= 15 is 0 Å². The minimum Gasteiger partial charge on any atom is -0.507 e. The summed E-state index contributed by atoms with van der Waals surface area (Å²) in [6.45, 7) is 4.88. The molecular formula is C25H34F3N3O3. The first kappa shape index (κ1) is 26.2. The van der Waals surface area contributed by atoms with Crippen molar-refractivity contribution in [3.63, 3.8) is 0 Å². The van der Waals surface area contributed by atoms with E-state index in [-0.39, 0.29) is 30.4 Å². The number of methoxy groups -OCH3 is 1. The van der Waals surface area contributed by atoms with Gasteiger partial charge in [-0.05, 0) is 48.9 Å². The molecule has 6 nitrogen and oxygen atoms in total. The molecule has 1 aromatic heterocycles. The van der Waals surface area contributed by atoms with Crippen molar-refractivity contribution in [1.82, 2.24) is 10.2 Å². The Balaban J connectivity index is 2.11. The van der Waals surface area contributed by atoms with Crippen molar-refractivity contribution in [1.29, 1.82) is 0 Å². The van der Waals surface area contributed by atoms with Crippen LogP contribution in [0.25, 0.3) is 11.3 Å². The molecule has 0 spiro atoms. The Morgan fingerprint density at radius 2 is 2.00 bits per heavy atom. The largest absolute Gasteiger partial charge is 0.507 e. The van der Waals surface area contributed by atoms with Crippen molar-refractivity contribution in [3.8, 4) is 17.0 Å². The van der Waals surface area contributed by atoms with Crippen LogP contribution >= 0.6 is 0 Å². The fourth-order valence-electron chi connectivity index (χ4n) is 4.37. The highest BCUT2D eigenvalue weighted by Crippen LogP contribution is 2.42. The van der Waals surface area contributed by atoms with E-state index in [9.17, 15) is 18.3 Å².